The molecule has 5 heteroatoms. The molecule has 0 saturated heterocycles. The molecule has 2 nitrogen and oxygen atoms in total. The van der Waals surface area contributed by atoms with Gasteiger partial charge in [0.25, 0.3) is 0 Å². The third kappa shape index (κ3) is 1.22. The molecular formula is C7H5ClN2S2. The molecule has 0 aliphatic carbocycles. The van der Waals surface area contributed by atoms with Crippen molar-refractivity contribution < 1.29 is 0 Å². The van der Waals surface area contributed by atoms with E-state index in [4.69, 9.17) is 17.3 Å². The fourth-order valence-corrected chi connectivity index (χ4v) is 2.79. The van der Waals surface area contributed by atoms with E-state index >= 15 is 0 Å². The number of nitrogens with zero attached hydrogens (tertiary/aromatic N) is 1. The predicted molar refractivity (Wildman–Crippen MR) is 54.8 cm³/mol. The maximum absolute atomic E-state index is 5.93. The molecule has 0 radical (unpaired) electrons. The van der Waals surface area contributed by atoms with Crippen LogP contribution in [0.15, 0.2) is 17.0 Å². The normalized spacial score (nSPS) is 10.4. The van der Waals surface area contributed by atoms with E-state index in [0.717, 1.165) is 15.6 Å². The average molecular weight is 217 g/mol. The Morgan fingerprint density at radius 1 is 1.42 bits per heavy atom. The molecule has 0 spiro atoms. The number of nitrogen functional groups attached to an aromatic ring is 1. The lowest BCUT2D eigenvalue weighted by molar-refractivity contribution is 1.42. The summed E-state index contributed by atoms with van der Waals surface area (Å²) < 4.78 is 0. The van der Waals surface area contributed by atoms with Crippen molar-refractivity contribution in [2.24, 2.45) is 0 Å². The molecule has 2 N–H and O–H groups in total. The zero-order valence-electron chi connectivity index (χ0n) is 5.95. The zero-order valence-corrected chi connectivity index (χ0v) is 8.34. The van der Waals surface area contributed by atoms with Gasteiger partial charge >= 0.3 is 0 Å². The fourth-order valence-electron chi connectivity index (χ4n) is 0.905. The second-order valence-corrected chi connectivity index (χ2v) is 4.37. The third-order valence-electron chi connectivity index (χ3n) is 1.42. The summed E-state index contributed by atoms with van der Waals surface area (Å²) >= 11 is 8.92. The Hall–Kier alpha value is -0.580. The van der Waals surface area contributed by atoms with E-state index in [-0.39, 0.29) is 0 Å². The van der Waals surface area contributed by atoms with Gasteiger partial charge in [-0.2, -0.15) is 0 Å². The van der Waals surface area contributed by atoms with Crippen LogP contribution in [-0.2, 0) is 0 Å². The van der Waals surface area contributed by atoms with Crippen molar-refractivity contribution in [3.8, 4) is 10.6 Å². The van der Waals surface area contributed by atoms with Gasteiger partial charge in [0.1, 0.15) is 5.01 Å². The van der Waals surface area contributed by atoms with E-state index in [2.05, 4.69) is 4.98 Å². The van der Waals surface area contributed by atoms with Gasteiger partial charge in [0.2, 0.25) is 0 Å². The molecule has 0 unspecified atom stereocenters. The molecule has 0 saturated carbocycles. The molecule has 0 amide bonds. The Morgan fingerprint density at radius 2 is 2.25 bits per heavy atom. The maximum Gasteiger partial charge on any atom is 0.127 e. The molecule has 12 heavy (non-hydrogen) atoms. The minimum atomic E-state index is 0.687. The van der Waals surface area contributed by atoms with E-state index in [9.17, 15) is 0 Å². The van der Waals surface area contributed by atoms with E-state index < -0.39 is 0 Å². The van der Waals surface area contributed by atoms with Crippen molar-refractivity contribution in [2.75, 3.05) is 5.73 Å². The summed E-state index contributed by atoms with van der Waals surface area (Å²) in [6.45, 7) is 0. The van der Waals surface area contributed by atoms with Gasteiger partial charge in [0.05, 0.1) is 15.6 Å². The number of aromatic nitrogens is 1. The summed E-state index contributed by atoms with van der Waals surface area (Å²) in [4.78, 5) is 4.14. The van der Waals surface area contributed by atoms with Crippen LogP contribution >= 0.6 is 34.3 Å². The monoisotopic (exact) mass is 216 g/mol. The van der Waals surface area contributed by atoms with Gasteiger partial charge in [-0.3, -0.25) is 0 Å². The zero-order chi connectivity index (χ0) is 8.55. The van der Waals surface area contributed by atoms with Crippen LogP contribution in [0.4, 0.5) is 5.00 Å². The van der Waals surface area contributed by atoms with Crippen LogP contribution in [-0.4, -0.2) is 4.98 Å². The molecule has 0 atom stereocenters. The Balaban J connectivity index is 2.60. The van der Waals surface area contributed by atoms with Gasteiger partial charge in [0, 0.05) is 17.0 Å². The Morgan fingerprint density at radius 3 is 2.75 bits per heavy atom. The van der Waals surface area contributed by atoms with Crippen molar-refractivity contribution in [1.29, 1.82) is 0 Å². The van der Waals surface area contributed by atoms with Crippen molar-refractivity contribution in [1.82, 2.24) is 4.98 Å². The van der Waals surface area contributed by atoms with E-state index in [1.54, 1.807) is 17.5 Å². The van der Waals surface area contributed by atoms with E-state index in [0.29, 0.717) is 5.02 Å². The van der Waals surface area contributed by atoms with Crippen LogP contribution in [0, 0.1) is 0 Å². The molecule has 0 aliphatic heterocycles. The number of halogens is 1. The van der Waals surface area contributed by atoms with Crippen LogP contribution in [0.3, 0.4) is 0 Å². The summed E-state index contributed by atoms with van der Waals surface area (Å²) in [5, 5.41) is 6.04. The molecule has 0 aliphatic rings. The standard InChI is InChI=1S/C7H5ClN2S2/c8-4-3-12-6(9)5(4)7-10-1-2-11-7/h1-3H,9H2. The molecular weight excluding hydrogens is 212 g/mol. The summed E-state index contributed by atoms with van der Waals surface area (Å²) in [7, 11) is 0. The molecule has 0 fully saturated rings. The minimum absolute atomic E-state index is 0.687. The lowest BCUT2D eigenvalue weighted by Gasteiger charge is -1.93. The number of hydrogen-bond donors (Lipinski definition) is 1. The van der Waals surface area contributed by atoms with Crippen LogP contribution in [0.1, 0.15) is 0 Å². The predicted octanol–water partition coefficient (Wildman–Crippen LogP) is 3.11. The molecule has 62 valence electrons. The van der Waals surface area contributed by atoms with Gasteiger partial charge in [-0.05, 0) is 0 Å². The molecule has 2 aromatic heterocycles. The average Bonchev–Trinajstić information content (AvgIpc) is 2.61. The van der Waals surface area contributed by atoms with Gasteiger partial charge in [-0.15, -0.1) is 22.7 Å². The van der Waals surface area contributed by atoms with E-state index in [1.807, 2.05) is 10.8 Å². The first kappa shape index (κ1) is 8.04. The second kappa shape index (κ2) is 3.05. The van der Waals surface area contributed by atoms with Crippen molar-refractivity contribution >= 4 is 39.3 Å². The quantitative estimate of drug-likeness (QED) is 0.796. The smallest absolute Gasteiger partial charge is 0.127 e. The number of anilines is 1. The molecule has 2 heterocycles. The van der Waals surface area contributed by atoms with Crippen molar-refractivity contribution in [3.05, 3.63) is 22.0 Å². The molecule has 2 rings (SSSR count). The third-order valence-corrected chi connectivity index (χ3v) is 3.45. The highest BCUT2D eigenvalue weighted by Gasteiger charge is 2.11. The van der Waals surface area contributed by atoms with Crippen LogP contribution in [0.2, 0.25) is 5.02 Å². The van der Waals surface area contributed by atoms with Crippen LogP contribution in [0.5, 0.6) is 0 Å². The first-order valence-electron chi connectivity index (χ1n) is 3.21. The lowest BCUT2D eigenvalue weighted by atomic mass is 10.3. The first-order valence-corrected chi connectivity index (χ1v) is 5.35. The Labute approximate surface area is 82.6 Å². The first-order chi connectivity index (χ1) is 5.79. The minimum Gasteiger partial charge on any atom is -0.390 e. The fraction of sp³-hybridized carbons (Fsp3) is 0. The van der Waals surface area contributed by atoms with Gasteiger partial charge in [-0.1, -0.05) is 11.6 Å². The number of thiazole rings is 1. The number of hydrogen-bond acceptors (Lipinski definition) is 4. The van der Waals surface area contributed by atoms with Gasteiger partial charge in [-0.25, -0.2) is 4.98 Å². The lowest BCUT2D eigenvalue weighted by Crippen LogP contribution is -1.82. The SMILES string of the molecule is Nc1scc(Cl)c1-c1nccs1. The highest BCUT2D eigenvalue weighted by atomic mass is 35.5. The van der Waals surface area contributed by atoms with E-state index in [1.165, 1.54) is 11.3 Å². The van der Waals surface area contributed by atoms with Crippen molar-refractivity contribution in [2.45, 2.75) is 0 Å². The largest absolute Gasteiger partial charge is 0.390 e. The molecule has 0 bridgehead atoms. The molecule has 0 aromatic carbocycles. The topological polar surface area (TPSA) is 38.9 Å². The number of thiophene rings is 1. The summed E-state index contributed by atoms with van der Waals surface area (Å²) in [6.07, 6.45) is 1.74. The Bertz CT molecular complexity index is 361. The Kier molecular flexibility index (Phi) is 2.04. The van der Waals surface area contributed by atoms with Crippen LogP contribution < -0.4 is 5.73 Å². The van der Waals surface area contributed by atoms with Gasteiger partial charge in [0.15, 0.2) is 0 Å². The van der Waals surface area contributed by atoms with Gasteiger partial charge < -0.3 is 5.73 Å². The second-order valence-electron chi connectivity index (χ2n) is 2.16. The summed E-state index contributed by atoms with van der Waals surface area (Å²) in [5.41, 5.74) is 6.61. The maximum atomic E-state index is 5.93. The van der Waals surface area contributed by atoms with Crippen molar-refractivity contribution in [3.63, 3.8) is 0 Å². The highest BCUT2D eigenvalue weighted by Crippen LogP contribution is 2.38. The summed E-state index contributed by atoms with van der Waals surface area (Å²) in [6, 6.07) is 0. The van der Waals surface area contributed by atoms with Crippen LogP contribution in [0.25, 0.3) is 10.6 Å². The summed E-state index contributed by atoms with van der Waals surface area (Å²) in [5.74, 6) is 0. The molecule has 2 aromatic rings. The highest BCUT2D eigenvalue weighted by molar-refractivity contribution is 7.17. The number of nitrogens with two attached hydrogens (primary N) is 1. The number of rotatable bonds is 1.